The molecule has 0 unspecified atom stereocenters. The number of hydrogen-bond acceptors (Lipinski definition) is 26. The van der Waals surface area contributed by atoms with Crippen LogP contribution in [0.2, 0.25) is 0 Å². The number of aliphatic hydroxyl groups is 1. The quantitative estimate of drug-likeness (QED) is 0.0455. The van der Waals surface area contributed by atoms with Crippen LogP contribution in [0.5, 0.6) is 69.0 Å². The van der Waals surface area contributed by atoms with Gasteiger partial charge < -0.3 is 99.5 Å². The van der Waals surface area contributed by atoms with Gasteiger partial charge in [-0.3, -0.25) is 9.59 Å². The molecule has 4 aromatic carbocycles. The minimum atomic E-state index is -2.57. The lowest BCUT2D eigenvalue weighted by Gasteiger charge is -2.44. The first-order valence-corrected chi connectivity index (χ1v) is 19.1. The molecule has 27 nitrogen and oxygen atoms in total. The Hall–Kier alpha value is -9.11. The summed E-state index contributed by atoms with van der Waals surface area (Å²) < 4.78 is 38.6. The van der Waals surface area contributed by atoms with Crippen molar-refractivity contribution in [1.82, 2.24) is 0 Å². The number of phenols is 11. The molecule has 1 fully saturated rings. The van der Waals surface area contributed by atoms with E-state index in [1.54, 1.807) is 0 Å². The second-order valence-electron chi connectivity index (χ2n) is 14.9. The highest BCUT2D eigenvalue weighted by Crippen LogP contribution is 2.51. The molecular formula is C41H32O27. The molecule has 0 amide bonds. The van der Waals surface area contributed by atoms with Gasteiger partial charge in [0.25, 0.3) is 0 Å². The summed E-state index contributed by atoms with van der Waals surface area (Å²) >= 11 is 0. The van der Waals surface area contributed by atoms with Crippen molar-refractivity contribution < 1.29 is 133 Å². The monoisotopic (exact) mass is 956 g/mol. The summed E-state index contributed by atoms with van der Waals surface area (Å²) in [5, 5.41) is 133. The fraction of sp³-hybridized carbons (Fsp3) is 0.244. The predicted molar refractivity (Wildman–Crippen MR) is 207 cm³/mol. The molecule has 0 saturated carbocycles. The Morgan fingerprint density at radius 2 is 1.04 bits per heavy atom. The molecule has 3 heterocycles. The zero-order chi connectivity index (χ0) is 49.8. The Labute approximate surface area is 375 Å². The number of carboxylic acid groups (broad SMARTS) is 1. The van der Waals surface area contributed by atoms with Crippen LogP contribution in [0.3, 0.4) is 0 Å². The third-order valence-electron chi connectivity index (χ3n) is 10.6. The highest BCUT2D eigenvalue weighted by Gasteiger charge is 2.57. The first-order valence-electron chi connectivity index (χ1n) is 19.1. The number of carbonyl (C=O) groups is 7. The van der Waals surface area contributed by atoms with Crippen LogP contribution in [0.4, 0.5) is 0 Å². The van der Waals surface area contributed by atoms with Gasteiger partial charge in [0, 0.05) is 11.5 Å². The van der Waals surface area contributed by atoms with Gasteiger partial charge in [0.1, 0.15) is 12.7 Å². The summed E-state index contributed by atoms with van der Waals surface area (Å²) in [6.45, 7) is -1.28. The van der Waals surface area contributed by atoms with E-state index in [0.29, 0.717) is 42.5 Å². The van der Waals surface area contributed by atoms with Crippen LogP contribution < -0.4 is 4.74 Å². The van der Waals surface area contributed by atoms with Crippen LogP contribution in [0.1, 0.15) is 59.3 Å². The molecule has 1 saturated heterocycles. The van der Waals surface area contributed by atoms with E-state index in [4.69, 9.17) is 33.2 Å². The number of esters is 6. The van der Waals surface area contributed by atoms with Crippen molar-refractivity contribution in [2.75, 3.05) is 6.61 Å². The number of carbonyl (C=O) groups excluding carboxylic acids is 6. The Bertz CT molecular complexity index is 2750. The fourth-order valence-electron chi connectivity index (χ4n) is 7.37. The molecule has 4 aromatic rings. The summed E-state index contributed by atoms with van der Waals surface area (Å²) in [6, 6.07) is 3.84. The van der Waals surface area contributed by atoms with E-state index in [9.17, 15) is 99.9 Å². The molecule has 13 N–H and O–H groups in total. The Morgan fingerprint density at radius 3 is 1.54 bits per heavy atom. The molecule has 0 aliphatic carbocycles. The van der Waals surface area contributed by atoms with Crippen molar-refractivity contribution in [1.29, 1.82) is 0 Å². The van der Waals surface area contributed by atoms with Gasteiger partial charge in [-0.2, -0.15) is 0 Å². The van der Waals surface area contributed by atoms with E-state index in [0.717, 1.165) is 0 Å². The molecule has 0 aromatic heterocycles. The molecule has 3 aliphatic heterocycles. The maximum absolute atomic E-state index is 14.5. The van der Waals surface area contributed by atoms with Gasteiger partial charge in [0.15, 0.2) is 81.6 Å². The average molecular weight is 957 g/mol. The SMILES string of the molecule is O=C(O)C[C@@H]1C(=O)O[C@H]2[C@H](OC(=O)c3cc(O)c(O)c(O)c3)[C@@H](OC(=O)c3cc(O)c(O)c4c3[C@@H]1[C@H](O)C(=O)O4)[C@H](OC(=O)c1cc(O)c(O)c(O)c1)O[C@@H]2COC(=O)c1cc(O)c(O)c(O)c1. The summed E-state index contributed by atoms with van der Waals surface area (Å²) in [7, 11) is 0. The lowest BCUT2D eigenvalue weighted by atomic mass is 9.76. The van der Waals surface area contributed by atoms with Crippen LogP contribution >= 0.6 is 0 Å². The van der Waals surface area contributed by atoms with Crippen molar-refractivity contribution in [3.63, 3.8) is 0 Å². The molecule has 2 bridgehead atoms. The summed E-state index contributed by atoms with van der Waals surface area (Å²) in [6.07, 6.45) is -16.3. The van der Waals surface area contributed by atoms with Crippen LogP contribution in [-0.4, -0.2) is 152 Å². The van der Waals surface area contributed by atoms with Gasteiger partial charge in [-0.05, 0) is 42.5 Å². The predicted octanol–water partition coefficient (Wildman–Crippen LogP) is 0.0179. The van der Waals surface area contributed by atoms with Gasteiger partial charge >= 0.3 is 41.8 Å². The number of fused-ring (bicyclic) bond motifs is 2. The van der Waals surface area contributed by atoms with Crippen molar-refractivity contribution in [3.05, 3.63) is 70.3 Å². The maximum atomic E-state index is 14.5. The Balaban J connectivity index is 1.44. The normalized spacial score (nSPS) is 23.0. The molecule has 8 atom stereocenters. The number of benzene rings is 4. The minimum absolute atomic E-state index is 0.449. The Kier molecular flexibility index (Phi) is 12.2. The summed E-state index contributed by atoms with van der Waals surface area (Å²) in [5.41, 5.74) is -4.15. The van der Waals surface area contributed by atoms with Gasteiger partial charge in [-0.15, -0.1) is 0 Å². The third-order valence-corrected chi connectivity index (χ3v) is 10.6. The summed E-state index contributed by atoms with van der Waals surface area (Å²) in [4.78, 5) is 95.4. The topological polar surface area (TPSA) is 447 Å². The highest BCUT2D eigenvalue weighted by atomic mass is 16.7. The highest BCUT2D eigenvalue weighted by molar-refractivity contribution is 5.98. The zero-order valence-electron chi connectivity index (χ0n) is 33.6. The number of carboxylic acids is 1. The lowest BCUT2D eigenvalue weighted by molar-refractivity contribution is -0.287. The van der Waals surface area contributed by atoms with E-state index >= 15 is 0 Å². The smallest absolute Gasteiger partial charge is 0.341 e. The zero-order valence-corrected chi connectivity index (χ0v) is 33.6. The molecular weight excluding hydrogens is 924 g/mol. The van der Waals surface area contributed by atoms with E-state index in [2.05, 4.69) is 0 Å². The number of hydrogen-bond donors (Lipinski definition) is 13. The molecule has 3 aliphatic rings. The van der Waals surface area contributed by atoms with Gasteiger partial charge in [0.2, 0.25) is 18.1 Å². The lowest BCUT2D eigenvalue weighted by Crippen LogP contribution is -2.63. The van der Waals surface area contributed by atoms with Crippen LogP contribution in [-0.2, 0) is 42.8 Å². The van der Waals surface area contributed by atoms with Crippen molar-refractivity contribution in [2.24, 2.45) is 5.92 Å². The van der Waals surface area contributed by atoms with Crippen molar-refractivity contribution in [2.45, 2.75) is 49.1 Å². The van der Waals surface area contributed by atoms with E-state index in [1.165, 1.54) is 0 Å². The number of rotatable bonds is 9. The van der Waals surface area contributed by atoms with Crippen LogP contribution in [0.25, 0.3) is 0 Å². The second kappa shape index (κ2) is 17.7. The van der Waals surface area contributed by atoms with Gasteiger partial charge in [-0.1, -0.05) is 0 Å². The van der Waals surface area contributed by atoms with E-state index < -0.39 is 200 Å². The number of aliphatic hydroxyl groups excluding tert-OH is 1. The number of aliphatic carboxylic acids is 1. The molecule has 0 spiro atoms. The van der Waals surface area contributed by atoms with Gasteiger partial charge in [0.05, 0.1) is 34.6 Å². The first kappa shape index (κ1) is 46.9. The van der Waals surface area contributed by atoms with E-state index in [1.807, 2.05) is 0 Å². The number of aromatic hydroxyl groups is 11. The van der Waals surface area contributed by atoms with Crippen molar-refractivity contribution in [3.8, 4) is 69.0 Å². The largest absolute Gasteiger partial charge is 0.504 e. The second-order valence-corrected chi connectivity index (χ2v) is 14.9. The minimum Gasteiger partial charge on any atom is -0.504 e. The summed E-state index contributed by atoms with van der Waals surface area (Å²) in [5.74, 6) is -29.8. The van der Waals surface area contributed by atoms with Crippen LogP contribution in [0.15, 0.2) is 42.5 Å². The Morgan fingerprint density at radius 1 is 0.574 bits per heavy atom. The van der Waals surface area contributed by atoms with Gasteiger partial charge in [-0.25, -0.2) is 24.0 Å². The molecule has 358 valence electrons. The molecule has 7 rings (SSSR count). The number of phenolic OH excluding ortho intramolecular Hbond substituents is 11. The van der Waals surface area contributed by atoms with Crippen LogP contribution in [0, 0.1) is 5.92 Å². The van der Waals surface area contributed by atoms with E-state index in [-0.39, 0.29) is 0 Å². The maximum Gasteiger partial charge on any atom is 0.341 e. The third kappa shape index (κ3) is 8.58. The molecule has 0 radical (unpaired) electrons. The van der Waals surface area contributed by atoms with Crippen molar-refractivity contribution >= 4 is 41.8 Å². The first-order chi connectivity index (χ1) is 32.0. The average Bonchev–Trinajstić information content (AvgIpc) is 3.28. The molecule has 27 heteroatoms. The fourth-order valence-corrected chi connectivity index (χ4v) is 7.37. The molecule has 68 heavy (non-hydrogen) atoms. The standard InChI is InChI=1S/C41H32O27/c42-15-1-10(2-16(43)26(15)51)35(56)62-9-22-31-33(66-36(57)11-3-17(44)27(52)18(45)4-11)34(41(63-22)68-37(58)12-5-19(46)28(53)20(47)6-12)67-38(59)13-7-21(48)29(54)32-25(13)24(30(55)40(61)65-32)14(8-23(49)50)39(60)64-31/h1-7,14,22,24,30-31,33-34,41-48,51-55H,8-9H2,(H,49,50)/t14-,22+,24+,30-,31+,33-,34+,41-/m0/s1. The number of ether oxygens (including phenoxy) is 7.